The van der Waals surface area contributed by atoms with E-state index in [2.05, 4.69) is 0 Å². The Labute approximate surface area is 363 Å². The third-order valence-electron chi connectivity index (χ3n) is 13.7. The summed E-state index contributed by atoms with van der Waals surface area (Å²) >= 11 is 1.02. The zero-order valence-corrected chi connectivity index (χ0v) is 36.4. The summed E-state index contributed by atoms with van der Waals surface area (Å²) in [7, 11) is 0. The van der Waals surface area contributed by atoms with Gasteiger partial charge in [-0.25, -0.2) is 0 Å². The molecule has 5 fully saturated rings. The van der Waals surface area contributed by atoms with Gasteiger partial charge >= 0.3 is 0 Å². The van der Waals surface area contributed by atoms with Crippen LogP contribution in [0.4, 0.5) is 0 Å². The van der Waals surface area contributed by atoms with Crippen molar-refractivity contribution in [1.82, 2.24) is 0 Å². The number of phenols is 1. The van der Waals surface area contributed by atoms with E-state index in [-0.39, 0.29) is 52.9 Å². The minimum Gasteiger partial charge on any atom is -0.507 e. The number of aliphatic hydroxyl groups is 6. The topological polar surface area (TPSA) is 257 Å². The first-order chi connectivity index (χ1) is 29.2. The second-order valence-electron chi connectivity index (χ2n) is 18.3. The van der Waals surface area contributed by atoms with Crippen LogP contribution in [-0.4, -0.2) is 156 Å². The van der Waals surface area contributed by atoms with Crippen LogP contribution in [0, 0.1) is 0 Å². The summed E-state index contributed by atoms with van der Waals surface area (Å²) in [5, 5.41) is 77.8. The Morgan fingerprint density at radius 2 is 1.40 bits per heavy atom. The summed E-state index contributed by atoms with van der Waals surface area (Å²) in [6, 6.07) is 2.79. The Hall–Kier alpha value is -2.66. The van der Waals surface area contributed by atoms with Crippen LogP contribution in [0.5, 0.6) is 5.75 Å². The molecule has 3 aliphatic carbocycles. The monoisotopic (exact) mass is 890 g/mol. The first-order valence-corrected chi connectivity index (χ1v) is 22.7. The van der Waals surface area contributed by atoms with Gasteiger partial charge in [-0.3, -0.25) is 14.4 Å². The molecule has 62 heavy (non-hydrogen) atoms. The number of ether oxygens (including phenoxy) is 7. The molecule has 4 heterocycles. The van der Waals surface area contributed by atoms with Gasteiger partial charge in [-0.05, 0) is 65.9 Å². The molecule has 0 aromatic heterocycles. The predicted octanol–water partition coefficient (Wildman–Crippen LogP) is 2.18. The number of hydrogen-bond donors (Lipinski definition) is 7. The van der Waals surface area contributed by atoms with Gasteiger partial charge < -0.3 is 68.9 Å². The smallest absolute Gasteiger partial charge is 0.198 e. The highest BCUT2D eigenvalue weighted by molar-refractivity contribution is 8.02. The molecular formula is C44H58O17S. The van der Waals surface area contributed by atoms with E-state index in [9.17, 15) is 50.1 Å². The number of Topliss-reactive ketones (excluding diaryl/α,β-unsaturated/α-hetero) is 3. The number of phenolic OH excluding ortho intramolecular Hbond substituents is 1. The fourth-order valence-electron chi connectivity index (χ4n) is 10.3. The average molecular weight is 891 g/mol. The van der Waals surface area contributed by atoms with Crippen molar-refractivity contribution in [1.29, 1.82) is 0 Å². The van der Waals surface area contributed by atoms with Gasteiger partial charge in [-0.1, -0.05) is 6.07 Å². The van der Waals surface area contributed by atoms with E-state index in [0.29, 0.717) is 12.8 Å². The second-order valence-corrected chi connectivity index (χ2v) is 19.1. The second kappa shape index (κ2) is 17.0. The van der Waals surface area contributed by atoms with Gasteiger partial charge in [0.15, 0.2) is 41.8 Å². The van der Waals surface area contributed by atoms with Crippen molar-refractivity contribution >= 4 is 29.1 Å². The Morgan fingerprint density at radius 1 is 0.742 bits per heavy atom. The molecule has 7 N–H and O–H groups in total. The number of rotatable bonds is 8. The molecule has 17 atom stereocenters. The molecule has 7 aliphatic rings. The lowest BCUT2D eigenvalue weighted by Gasteiger charge is -2.56. The molecule has 1 aromatic carbocycles. The van der Waals surface area contributed by atoms with Gasteiger partial charge in [0.05, 0.1) is 71.7 Å². The number of ketones is 3. The molecule has 4 saturated heterocycles. The summed E-state index contributed by atoms with van der Waals surface area (Å²) in [6.45, 7) is 8.15. The quantitative estimate of drug-likeness (QED) is 0.197. The number of fused-ring (bicyclic) bond motifs is 3. The van der Waals surface area contributed by atoms with Crippen molar-refractivity contribution in [2.24, 2.45) is 0 Å². The number of allylic oxidation sites excluding steroid dienone is 2. The van der Waals surface area contributed by atoms with Crippen molar-refractivity contribution in [3.8, 4) is 5.75 Å². The highest BCUT2D eigenvalue weighted by atomic mass is 32.2. The van der Waals surface area contributed by atoms with Gasteiger partial charge in [-0.15, -0.1) is 11.8 Å². The third kappa shape index (κ3) is 7.74. The minimum absolute atomic E-state index is 0.0274. The number of hydrogen-bond acceptors (Lipinski definition) is 18. The van der Waals surface area contributed by atoms with Crippen molar-refractivity contribution in [2.75, 3.05) is 6.26 Å². The highest BCUT2D eigenvalue weighted by Crippen LogP contribution is 2.58. The van der Waals surface area contributed by atoms with E-state index >= 15 is 0 Å². The Kier molecular flexibility index (Phi) is 12.6. The number of carbonyl (C=O) groups excluding carboxylic acids is 3. The van der Waals surface area contributed by atoms with Crippen LogP contribution in [0.15, 0.2) is 34.3 Å². The molecule has 0 radical (unpaired) electrons. The molecule has 18 heteroatoms. The number of thioether (sulfide) groups is 1. The Balaban J connectivity index is 1.06. The van der Waals surface area contributed by atoms with Crippen molar-refractivity contribution < 1.29 is 83.3 Å². The number of benzene rings is 1. The van der Waals surface area contributed by atoms with Crippen LogP contribution >= 0.6 is 11.8 Å². The normalized spacial score (nSPS) is 45.0. The first-order valence-electron chi connectivity index (χ1n) is 21.5. The third-order valence-corrected chi connectivity index (χ3v) is 14.6. The van der Waals surface area contributed by atoms with E-state index < -0.39 is 144 Å². The first kappa shape index (κ1) is 45.9. The minimum atomic E-state index is -2.50. The van der Waals surface area contributed by atoms with E-state index in [1.54, 1.807) is 27.0 Å². The van der Waals surface area contributed by atoms with Gasteiger partial charge in [-0.2, -0.15) is 0 Å². The summed E-state index contributed by atoms with van der Waals surface area (Å²) in [4.78, 5) is 44.3. The van der Waals surface area contributed by atoms with Crippen molar-refractivity contribution in [2.45, 2.75) is 189 Å². The molecule has 1 aromatic rings. The van der Waals surface area contributed by atoms with Crippen LogP contribution in [0.3, 0.4) is 0 Å². The summed E-state index contributed by atoms with van der Waals surface area (Å²) in [6.07, 6.45) is -7.94. The highest BCUT2D eigenvalue weighted by Gasteiger charge is 2.71. The van der Waals surface area contributed by atoms with E-state index in [1.807, 2.05) is 6.92 Å². The van der Waals surface area contributed by atoms with Gasteiger partial charge in [0, 0.05) is 60.1 Å². The van der Waals surface area contributed by atoms with Crippen LogP contribution in [0.1, 0.15) is 118 Å². The lowest BCUT2D eigenvalue weighted by molar-refractivity contribution is -0.306. The van der Waals surface area contributed by atoms with Gasteiger partial charge in [0.2, 0.25) is 0 Å². The zero-order valence-electron chi connectivity index (χ0n) is 35.6. The Bertz CT molecular complexity index is 2010. The van der Waals surface area contributed by atoms with Crippen molar-refractivity contribution in [3.05, 3.63) is 51.0 Å². The van der Waals surface area contributed by atoms with Crippen molar-refractivity contribution in [3.63, 3.8) is 0 Å². The molecule has 342 valence electrons. The van der Waals surface area contributed by atoms with Crippen LogP contribution in [-0.2, 0) is 38.0 Å². The number of carbonyl (C=O) groups is 3. The van der Waals surface area contributed by atoms with Crippen LogP contribution in [0.25, 0.3) is 0 Å². The average Bonchev–Trinajstić information content (AvgIpc) is 3.19. The van der Waals surface area contributed by atoms with E-state index in [0.717, 1.165) is 11.8 Å². The van der Waals surface area contributed by atoms with E-state index in [4.69, 9.17) is 33.2 Å². The maximum Gasteiger partial charge on any atom is 0.198 e. The molecule has 17 nitrogen and oxygen atoms in total. The lowest BCUT2D eigenvalue weighted by atomic mass is 9.57. The molecule has 4 aliphatic heterocycles. The maximum absolute atomic E-state index is 14.9. The summed E-state index contributed by atoms with van der Waals surface area (Å²) in [5.74, 6) is -3.02. The molecule has 0 unspecified atom stereocenters. The van der Waals surface area contributed by atoms with Gasteiger partial charge in [0.25, 0.3) is 0 Å². The molecule has 0 amide bonds. The zero-order chi connectivity index (χ0) is 44.8. The summed E-state index contributed by atoms with van der Waals surface area (Å²) in [5.41, 5.74) is -7.62. The van der Waals surface area contributed by atoms with Crippen LogP contribution < -0.4 is 0 Å². The summed E-state index contributed by atoms with van der Waals surface area (Å²) < 4.78 is 43.0. The number of aliphatic hydroxyl groups excluding tert-OH is 4. The van der Waals surface area contributed by atoms with Crippen LogP contribution in [0.2, 0.25) is 0 Å². The lowest BCUT2D eigenvalue weighted by Crippen LogP contribution is -2.72. The predicted molar refractivity (Wildman–Crippen MR) is 217 cm³/mol. The molecule has 0 bridgehead atoms. The molecular weight excluding hydrogens is 833 g/mol. The molecule has 0 spiro atoms. The standard InChI is InChI=1S/C44H58O17S/c1-18-25(45)9-11-33(56-18)61-44-30(47)16-42(5,53)17-43(44,54)31(62-6)13-24-36(44)41(52)23-8-7-22(39(50)35(23)40(24)51)28-15-29(38(49)21(4)55-28)60-32-12-10-27(19(2)57-32)59-34-14-26(46)37(48)20(3)58-34/h7-8,13,18-21,25-29,32-34,37-38,45-46,48-50,53-54H,9-12,14-17H2,1-6H3/t18-,19-,20-,21-,25+,26-,27+,28-,29+,32-,33+,34+,37+,38+,42+,43-,44+/m0/s1. The fraction of sp³-hybridized carbons (Fsp3) is 0.705. The Morgan fingerprint density at radius 3 is 2.08 bits per heavy atom. The number of aromatic hydroxyl groups is 1. The fourth-order valence-corrected chi connectivity index (χ4v) is 11.1. The largest absolute Gasteiger partial charge is 0.507 e. The van der Waals surface area contributed by atoms with Gasteiger partial charge in [0.1, 0.15) is 23.6 Å². The molecule has 8 rings (SSSR count). The maximum atomic E-state index is 14.9. The SMILES string of the molecule is CSC1=CC2=C(C(=O)c3ccc([C@@H]4C[C@@H](O[C@H]5CC[C@@H](O[C@@H]6C[C@H](O)[C@H](O)[C@H](C)O6)[C@H](C)O5)[C@H](O)[C@H](C)O4)c(O)c3C2=O)[C@]2(O[C@@H]3CC[C@@H](O)[C@H](C)O3)C(=O)C[C@@](C)(O)C[C@]12O. The van der Waals surface area contributed by atoms with E-state index in [1.165, 1.54) is 25.1 Å². The molecule has 1 saturated carbocycles.